The molecule has 0 radical (unpaired) electrons. The first-order chi connectivity index (χ1) is 14.4. The molecule has 3 aromatic rings. The van der Waals surface area contributed by atoms with Crippen LogP contribution in [-0.2, 0) is 13.1 Å². The number of aryl methyl sites for hydroxylation is 1. The molecule has 10 heteroatoms. The molecule has 0 aliphatic carbocycles. The van der Waals surface area contributed by atoms with Crippen LogP contribution in [0.4, 0.5) is 4.39 Å². The first-order valence-electron chi connectivity index (χ1n) is 9.39. The molecule has 154 valence electrons. The number of amides is 1. The fraction of sp³-hybridized carbons (Fsp3) is 0.300. The second-order valence-corrected chi connectivity index (χ2v) is 7.42. The van der Waals surface area contributed by atoms with E-state index >= 15 is 0 Å². The van der Waals surface area contributed by atoms with E-state index in [0.29, 0.717) is 36.0 Å². The third kappa shape index (κ3) is 4.00. The molecule has 1 aliphatic rings. The normalized spacial score (nSPS) is 13.8. The predicted octanol–water partition coefficient (Wildman–Crippen LogP) is 3.01. The molecule has 4 rings (SSSR count). The van der Waals surface area contributed by atoms with Crippen molar-refractivity contribution in [3.8, 4) is 23.2 Å². The Labute approximate surface area is 176 Å². The number of halogens is 2. The Bertz CT molecular complexity index is 1100. The number of nitrogens with zero attached hydrogens (tertiary/aromatic N) is 5. The highest BCUT2D eigenvalue weighted by Gasteiger charge is 2.19. The number of hydrogen-bond donors (Lipinski definition) is 1. The SMILES string of the molecule is CC(Cn1ccc(-c2cc(F)c(C#N)c(Cl)c2)n1)NC(=O)c1cc2n(n1)CCCO2. The molecular weight excluding hydrogens is 411 g/mol. The Kier molecular flexibility index (Phi) is 5.42. The van der Waals surface area contributed by atoms with Crippen molar-refractivity contribution >= 4 is 17.5 Å². The third-order valence-corrected chi connectivity index (χ3v) is 4.97. The highest BCUT2D eigenvalue weighted by atomic mass is 35.5. The minimum atomic E-state index is -0.693. The third-order valence-electron chi connectivity index (χ3n) is 4.67. The zero-order valence-electron chi connectivity index (χ0n) is 16.1. The summed E-state index contributed by atoms with van der Waals surface area (Å²) in [5, 5.41) is 20.5. The highest BCUT2D eigenvalue weighted by Crippen LogP contribution is 2.26. The van der Waals surface area contributed by atoms with Gasteiger partial charge in [0.15, 0.2) is 5.69 Å². The number of nitriles is 1. The van der Waals surface area contributed by atoms with Crippen LogP contribution in [0.2, 0.25) is 5.02 Å². The first-order valence-corrected chi connectivity index (χ1v) is 9.77. The van der Waals surface area contributed by atoms with Gasteiger partial charge in [-0.1, -0.05) is 11.6 Å². The quantitative estimate of drug-likeness (QED) is 0.673. The maximum absolute atomic E-state index is 14.0. The van der Waals surface area contributed by atoms with Crippen molar-refractivity contribution in [2.45, 2.75) is 32.5 Å². The van der Waals surface area contributed by atoms with Crippen LogP contribution >= 0.6 is 11.6 Å². The minimum absolute atomic E-state index is 0.0365. The molecule has 1 unspecified atom stereocenters. The number of carbonyl (C=O) groups is 1. The fourth-order valence-electron chi connectivity index (χ4n) is 3.25. The van der Waals surface area contributed by atoms with Crippen molar-refractivity contribution < 1.29 is 13.9 Å². The number of ether oxygens (including phenoxy) is 1. The van der Waals surface area contributed by atoms with Gasteiger partial charge in [-0.3, -0.25) is 9.48 Å². The van der Waals surface area contributed by atoms with Crippen molar-refractivity contribution in [1.29, 1.82) is 5.26 Å². The van der Waals surface area contributed by atoms with Crippen molar-refractivity contribution in [1.82, 2.24) is 24.9 Å². The second-order valence-electron chi connectivity index (χ2n) is 7.02. The van der Waals surface area contributed by atoms with Gasteiger partial charge < -0.3 is 10.1 Å². The summed E-state index contributed by atoms with van der Waals surface area (Å²) in [4.78, 5) is 12.5. The van der Waals surface area contributed by atoms with Crippen molar-refractivity contribution in [2.24, 2.45) is 0 Å². The van der Waals surface area contributed by atoms with E-state index in [0.717, 1.165) is 13.0 Å². The van der Waals surface area contributed by atoms with Gasteiger partial charge in [-0.2, -0.15) is 15.5 Å². The Balaban J connectivity index is 1.42. The van der Waals surface area contributed by atoms with Crippen LogP contribution in [0, 0.1) is 17.1 Å². The average Bonchev–Trinajstić information content (AvgIpc) is 3.34. The lowest BCUT2D eigenvalue weighted by Crippen LogP contribution is -2.36. The van der Waals surface area contributed by atoms with E-state index < -0.39 is 5.82 Å². The zero-order chi connectivity index (χ0) is 21.3. The topological polar surface area (TPSA) is 97.8 Å². The number of nitrogens with one attached hydrogen (secondary N) is 1. The Morgan fingerprint density at radius 3 is 3.00 bits per heavy atom. The number of fused-ring (bicyclic) bond motifs is 1. The number of carbonyl (C=O) groups excluding carboxylic acids is 1. The van der Waals surface area contributed by atoms with Crippen LogP contribution in [0.25, 0.3) is 11.3 Å². The van der Waals surface area contributed by atoms with Gasteiger partial charge in [0.05, 0.1) is 23.9 Å². The van der Waals surface area contributed by atoms with Crippen LogP contribution < -0.4 is 10.1 Å². The predicted molar refractivity (Wildman–Crippen MR) is 107 cm³/mol. The Morgan fingerprint density at radius 1 is 1.43 bits per heavy atom. The van der Waals surface area contributed by atoms with Gasteiger partial charge >= 0.3 is 0 Å². The summed E-state index contributed by atoms with van der Waals surface area (Å²) in [7, 11) is 0. The van der Waals surface area contributed by atoms with Crippen LogP contribution in [0.15, 0.2) is 30.5 Å². The molecule has 1 aromatic carbocycles. The molecule has 3 heterocycles. The van der Waals surface area contributed by atoms with Gasteiger partial charge in [0.1, 0.15) is 17.4 Å². The van der Waals surface area contributed by atoms with E-state index in [1.165, 1.54) is 12.1 Å². The van der Waals surface area contributed by atoms with Crippen LogP contribution in [0.3, 0.4) is 0 Å². The summed E-state index contributed by atoms with van der Waals surface area (Å²) >= 11 is 5.97. The van der Waals surface area contributed by atoms with Crippen molar-refractivity contribution in [3.05, 3.63) is 52.6 Å². The number of benzene rings is 1. The van der Waals surface area contributed by atoms with Gasteiger partial charge in [0, 0.05) is 36.8 Å². The molecule has 1 aliphatic heterocycles. The average molecular weight is 429 g/mol. The van der Waals surface area contributed by atoms with Crippen molar-refractivity contribution in [2.75, 3.05) is 6.61 Å². The molecule has 0 saturated carbocycles. The minimum Gasteiger partial charge on any atom is -0.478 e. The van der Waals surface area contributed by atoms with E-state index in [1.807, 2.05) is 6.92 Å². The monoisotopic (exact) mass is 428 g/mol. The zero-order valence-corrected chi connectivity index (χ0v) is 16.9. The van der Waals surface area contributed by atoms with E-state index in [4.69, 9.17) is 21.6 Å². The Hall–Kier alpha value is -3.38. The maximum Gasteiger partial charge on any atom is 0.272 e. The van der Waals surface area contributed by atoms with E-state index in [9.17, 15) is 9.18 Å². The molecule has 2 aromatic heterocycles. The van der Waals surface area contributed by atoms with E-state index in [2.05, 4.69) is 15.5 Å². The molecule has 1 amide bonds. The first kappa shape index (κ1) is 19.9. The van der Waals surface area contributed by atoms with Crippen molar-refractivity contribution in [3.63, 3.8) is 0 Å². The lowest BCUT2D eigenvalue weighted by molar-refractivity contribution is 0.0930. The fourth-order valence-corrected chi connectivity index (χ4v) is 3.50. The largest absolute Gasteiger partial charge is 0.478 e. The highest BCUT2D eigenvalue weighted by molar-refractivity contribution is 6.32. The number of hydrogen-bond acceptors (Lipinski definition) is 5. The van der Waals surface area contributed by atoms with Crippen LogP contribution in [0.1, 0.15) is 29.4 Å². The summed E-state index contributed by atoms with van der Waals surface area (Å²) < 4.78 is 22.8. The lowest BCUT2D eigenvalue weighted by atomic mass is 10.1. The summed E-state index contributed by atoms with van der Waals surface area (Å²) in [6.07, 6.45) is 2.59. The molecule has 0 spiro atoms. The molecular formula is C20H18ClFN6O2. The van der Waals surface area contributed by atoms with E-state index in [-0.39, 0.29) is 22.5 Å². The molecule has 1 N–H and O–H groups in total. The van der Waals surface area contributed by atoms with Crippen LogP contribution in [-0.4, -0.2) is 38.1 Å². The summed E-state index contributed by atoms with van der Waals surface area (Å²) in [5.41, 5.74) is 1.10. The smallest absolute Gasteiger partial charge is 0.272 e. The Morgan fingerprint density at radius 2 is 2.27 bits per heavy atom. The number of rotatable bonds is 5. The molecule has 30 heavy (non-hydrogen) atoms. The summed E-state index contributed by atoms with van der Waals surface area (Å²) in [6.45, 7) is 3.61. The molecule has 0 saturated heterocycles. The van der Waals surface area contributed by atoms with Gasteiger partial charge in [-0.25, -0.2) is 9.07 Å². The van der Waals surface area contributed by atoms with Gasteiger partial charge in [0.25, 0.3) is 5.91 Å². The number of aromatic nitrogens is 4. The second kappa shape index (κ2) is 8.16. The van der Waals surface area contributed by atoms with Gasteiger partial charge in [0.2, 0.25) is 5.88 Å². The van der Waals surface area contributed by atoms with E-state index in [1.54, 1.807) is 33.8 Å². The molecule has 8 nitrogen and oxygen atoms in total. The van der Waals surface area contributed by atoms with Gasteiger partial charge in [-0.05, 0) is 25.1 Å². The molecule has 0 fully saturated rings. The maximum atomic E-state index is 14.0. The molecule has 0 bridgehead atoms. The van der Waals surface area contributed by atoms with Gasteiger partial charge in [-0.15, -0.1) is 0 Å². The molecule has 1 atom stereocenters. The van der Waals surface area contributed by atoms with Crippen LogP contribution in [0.5, 0.6) is 5.88 Å². The standard InChI is InChI=1S/C20H18ClFN6O2/c1-12(24-20(29)18-9-19-28(26-18)4-2-6-30-19)11-27-5-3-17(25-27)13-7-15(21)14(10-23)16(22)8-13/h3,5,7-9,12H,2,4,6,11H2,1H3,(H,24,29). The summed E-state index contributed by atoms with van der Waals surface area (Å²) in [5.74, 6) is -0.382. The summed E-state index contributed by atoms with van der Waals surface area (Å²) in [6, 6.07) is 7.58. The lowest BCUT2D eigenvalue weighted by Gasteiger charge is -2.13.